The highest BCUT2D eigenvalue weighted by atomic mass is 32.1. The van der Waals surface area contributed by atoms with E-state index in [1.807, 2.05) is 48.0 Å². The molecule has 2 heterocycles. The molecular formula is C20H21N3O4S. The lowest BCUT2D eigenvalue weighted by atomic mass is 10.1. The smallest absolute Gasteiger partial charge is 0.306 e. The van der Waals surface area contributed by atoms with E-state index in [1.54, 1.807) is 11.3 Å². The van der Waals surface area contributed by atoms with Crippen molar-refractivity contribution in [3.63, 3.8) is 0 Å². The molecule has 0 aliphatic heterocycles. The van der Waals surface area contributed by atoms with Crippen LogP contribution in [0.3, 0.4) is 0 Å². The number of aryl methyl sites for hydroxylation is 2. The number of nitrogens with zero attached hydrogens (tertiary/aromatic N) is 2. The molecule has 0 bridgehead atoms. The van der Waals surface area contributed by atoms with Crippen LogP contribution >= 0.6 is 11.3 Å². The van der Waals surface area contributed by atoms with E-state index >= 15 is 0 Å². The topological polar surface area (TPSA) is 94.3 Å². The highest BCUT2D eigenvalue weighted by Crippen LogP contribution is 2.19. The largest absolute Gasteiger partial charge is 0.456 e. The number of carbonyl (C=O) groups excluding carboxylic acids is 2. The summed E-state index contributed by atoms with van der Waals surface area (Å²) in [6, 6.07) is 9.91. The number of hydrogen-bond donors (Lipinski definition) is 1. The third-order valence-corrected chi connectivity index (χ3v) is 4.82. The van der Waals surface area contributed by atoms with Crippen molar-refractivity contribution in [1.29, 1.82) is 0 Å². The Hall–Kier alpha value is -3.00. The normalized spacial score (nSPS) is 10.6. The van der Waals surface area contributed by atoms with E-state index in [-0.39, 0.29) is 25.4 Å². The number of rotatable bonds is 9. The summed E-state index contributed by atoms with van der Waals surface area (Å²) >= 11 is 1.54. The van der Waals surface area contributed by atoms with Crippen LogP contribution in [-0.4, -0.2) is 35.2 Å². The Bertz CT molecular complexity index is 921. The Balaban J connectivity index is 1.33. The minimum atomic E-state index is -0.482. The van der Waals surface area contributed by atoms with Crippen LogP contribution in [0, 0.1) is 6.92 Å². The summed E-state index contributed by atoms with van der Waals surface area (Å²) in [4.78, 5) is 27.8. The Morgan fingerprint density at radius 3 is 2.86 bits per heavy atom. The maximum absolute atomic E-state index is 11.8. The summed E-state index contributed by atoms with van der Waals surface area (Å²) < 4.78 is 10.1. The molecule has 1 amide bonds. The van der Waals surface area contributed by atoms with Crippen LogP contribution < -0.4 is 5.32 Å². The van der Waals surface area contributed by atoms with Gasteiger partial charge >= 0.3 is 5.97 Å². The van der Waals surface area contributed by atoms with Crippen LogP contribution in [0.25, 0.3) is 11.4 Å². The number of esters is 1. The van der Waals surface area contributed by atoms with Gasteiger partial charge in [-0.25, -0.2) is 0 Å². The van der Waals surface area contributed by atoms with Gasteiger partial charge < -0.3 is 14.6 Å². The lowest BCUT2D eigenvalue weighted by molar-refractivity contribution is -0.148. The zero-order valence-corrected chi connectivity index (χ0v) is 16.3. The van der Waals surface area contributed by atoms with E-state index in [0.717, 1.165) is 12.0 Å². The number of thiophene rings is 1. The second-order valence-electron chi connectivity index (χ2n) is 6.21. The van der Waals surface area contributed by atoms with Crippen molar-refractivity contribution in [2.45, 2.75) is 26.2 Å². The Kier molecular flexibility index (Phi) is 6.91. The van der Waals surface area contributed by atoms with Gasteiger partial charge in [0.1, 0.15) is 0 Å². The molecule has 0 radical (unpaired) electrons. The van der Waals surface area contributed by atoms with E-state index in [0.29, 0.717) is 18.3 Å². The lowest BCUT2D eigenvalue weighted by Gasteiger charge is -2.08. The second-order valence-corrected chi connectivity index (χ2v) is 6.99. The molecule has 3 aromatic rings. The highest BCUT2D eigenvalue weighted by molar-refractivity contribution is 7.08. The third-order valence-electron chi connectivity index (χ3n) is 4.13. The van der Waals surface area contributed by atoms with Crippen molar-refractivity contribution < 1.29 is 18.8 Å². The van der Waals surface area contributed by atoms with Crippen molar-refractivity contribution in [3.05, 3.63) is 58.1 Å². The molecule has 0 saturated carbocycles. The standard InChI is InChI=1S/C20H21N3O4S/c1-14-4-2-3-5-15(14)8-10-21-17(24)12-26-19(25)7-6-18-22-20(23-27-18)16-9-11-28-13-16/h2-5,9,11,13H,6-8,10,12H2,1H3,(H,21,24). The van der Waals surface area contributed by atoms with Gasteiger partial charge in [0, 0.05) is 23.9 Å². The van der Waals surface area contributed by atoms with Crippen molar-refractivity contribution in [2.24, 2.45) is 0 Å². The molecule has 8 heteroatoms. The minimum absolute atomic E-state index is 0.0712. The van der Waals surface area contributed by atoms with Gasteiger partial charge in [-0.3, -0.25) is 9.59 Å². The van der Waals surface area contributed by atoms with Gasteiger partial charge in [0.15, 0.2) is 6.61 Å². The van der Waals surface area contributed by atoms with Crippen LogP contribution in [0.4, 0.5) is 0 Å². The molecule has 1 aromatic carbocycles. The predicted octanol–water partition coefficient (Wildman–Crippen LogP) is 2.94. The maximum Gasteiger partial charge on any atom is 0.306 e. The molecule has 3 rings (SSSR count). The van der Waals surface area contributed by atoms with E-state index in [4.69, 9.17) is 9.26 Å². The van der Waals surface area contributed by atoms with Gasteiger partial charge in [0.25, 0.3) is 5.91 Å². The quantitative estimate of drug-likeness (QED) is 0.556. The number of carbonyl (C=O) groups is 2. The SMILES string of the molecule is Cc1ccccc1CCNC(=O)COC(=O)CCc1nc(-c2ccsc2)no1. The molecule has 28 heavy (non-hydrogen) atoms. The zero-order chi connectivity index (χ0) is 19.8. The molecule has 0 unspecified atom stereocenters. The van der Waals surface area contributed by atoms with Crippen LogP contribution in [0.1, 0.15) is 23.4 Å². The van der Waals surface area contributed by atoms with Gasteiger partial charge in [-0.2, -0.15) is 16.3 Å². The van der Waals surface area contributed by atoms with Crippen molar-refractivity contribution in [1.82, 2.24) is 15.5 Å². The van der Waals surface area contributed by atoms with Gasteiger partial charge in [-0.05, 0) is 35.9 Å². The Labute approximate surface area is 166 Å². The highest BCUT2D eigenvalue weighted by Gasteiger charge is 2.12. The predicted molar refractivity (Wildman–Crippen MR) is 105 cm³/mol. The molecule has 0 fully saturated rings. The Morgan fingerprint density at radius 1 is 1.21 bits per heavy atom. The van der Waals surface area contributed by atoms with Crippen molar-refractivity contribution >= 4 is 23.2 Å². The summed E-state index contributed by atoms with van der Waals surface area (Å²) in [5.41, 5.74) is 3.25. The number of amides is 1. The van der Waals surface area contributed by atoms with Crippen molar-refractivity contribution in [3.8, 4) is 11.4 Å². The second kappa shape index (κ2) is 9.80. The summed E-state index contributed by atoms with van der Waals surface area (Å²) in [5, 5.41) is 10.5. The van der Waals surface area contributed by atoms with Crippen LogP contribution in [0.15, 0.2) is 45.6 Å². The number of nitrogens with one attached hydrogen (secondary N) is 1. The first-order valence-corrected chi connectivity index (χ1v) is 9.88. The number of benzene rings is 1. The van der Waals surface area contributed by atoms with E-state index < -0.39 is 5.97 Å². The molecule has 1 N–H and O–H groups in total. The molecule has 0 aliphatic rings. The molecule has 7 nitrogen and oxygen atoms in total. The molecule has 0 atom stereocenters. The fourth-order valence-electron chi connectivity index (χ4n) is 2.57. The van der Waals surface area contributed by atoms with Crippen LogP contribution in [-0.2, 0) is 27.2 Å². The molecule has 0 spiro atoms. The minimum Gasteiger partial charge on any atom is -0.456 e. The molecule has 146 valence electrons. The van der Waals surface area contributed by atoms with Crippen LogP contribution in [0.2, 0.25) is 0 Å². The molecule has 0 saturated heterocycles. The number of aromatic nitrogens is 2. The summed E-state index contributed by atoms with van der Waals surface area (Å²) in [5.74, 6) is 0.0577. The average Bonchev–Trinajstić information content (AvgIpc) is 3.38. The zero-order valence-electron chi connectivity index (χ0n) is 15.5. The molecule has 2 aromatic heterocycles. The lowest BCUT2D eigenvalue weighted by Crippen LogP contribution is -2.30. The first-order valence-electron chi connectivity index (χ1n) is 8.94. The summed E-state index contributed by atoms with van der Waals surface area (Å²) in [7, 11) is 0. The fraction of sp³-hybridized carbons (Fsp3) is 0.300. The average molecular weight is 399 g/mol. The van der Waals surface area contributed by atoms with Crippen LogP contribution in [0.5, 0.6) is 0 Å². The molecule has 0 aliphatic carbocycles. The van der Waals surface area contributed by atoms with Gasteiger partial charge in [-0.1, -0.05) is 29.4 Å². The first kappa shape index (κ1) is 19.8. The first-order chi connectivity index (χ1) is 13.6. The summed E-state index contributed by atoms with van der Waals surface area (Å²) in [6.07, 6.45) is 1.07. The van der Waals surface area contributed by atoms with E-state index in [9.17, 15) is 9.59 Å². The fourth-order valence-corrected chi connectivity index (χ4v) is 3.21. The van der Waals surface area contributed by atoms with Gasteiger partial charge in [-0.15, -0.1) is 0 Å². The van der Waals surface area contributed by atoms with Crippen molar-refractivity contribution in [2.75, 3.05) is 13.2 Å². The van der Waals surface area contributed by atoms with Gasteiger partial charge in [0.05, 0.1) is 6.42 Å². The summed E-state index contributed by atoms with van der Waals surface area (Å²) in [6.45, 7) is 2.23. The monoisotopic (exact) mass is 399 g/mol. The van der Waals surface area contributed by atoms with E-state index in [2.05, 4.69) is 15.5 Å². The number of hydrogen-bond acceptors (Lipinski definition) is 7. The Morgan fingerprint density at radius 2 is 2.07 bits per heavy atom. The maximum atomic E-state index is 11.8. The van der Waals surface area contributed by atoms with Gasteiger partial charge in [0.2, 0.25) is 11.7 Å². The third kappa shape index (κ3) is 5.75. The molecular weight excluding hydrogens is 378 g/mol. The van der Waals surface area contributed by atoms with E-state index in [1.165, 1.54) is 11.1 Å². The number of ether oxygens (including phenoxy) is 1.